The number of ether oxygens (including phenoxy) is 2. The lowest BCUT2D eigenvalue weighted by atomic mass is 10.1. The molecule has 0 aliphatic rings. The van der Waals surface area contributed by atoms with Gasteiger partial charge in [0.2, 0.25) is 5.89 Å². The van der Waals surface area contributed by atoms with Crippen LogP contribution in [-0.4, -0.2) is 42.3 Å². The highest BCUT2D eigenvalue weighted by Gasteiger charge is 2.23. The van der Waals surface area contributed by atoms with Crippen LogP contribution in [0.3, 0.4) is 0 Å². The van der Waals surface area contributed by atoms with Gasteiger partial charge in [0.15, 0.2) is 6.10 Å². The zero-order valence-electron chi connectivity index (χ0n) is 16.9. The lowest BCUT2D eigenvalue weighted by Gasteiger charge is -2.14. The minimum Gasteiger partial charge on any atom is -0.497 e. The Kier molecular flexibility index (Phi) is 5.95. The Morgan fingerprint density at radius 3 is 2.47 bits per heavy atom. The highest BCUT2D eigenvalue weighted by Crippen LogP contribution is 2.29. The van der Waals surface area contributed by atoms with Crippen LogP contribution in [0.1, 0.15) is 29.3 Å². The number of hydrogen-bond acceptors (Lipinski definition) is 9. The third-order valence-electron chi connectivity index (χ3n) is 4.30. The molecule has 2 aromatic carbocycles. The van der Waals surface area contributed by atoms with Gasteiger partial charge in [0.25, 0.3) is 11.6 Å². The first-order valence-electron chi connectivity index (χ1n) is 8.94. The van der Waals surface area contributed by atoms with Crippen LogP contribution in [0.15, 0.2) is 46.9 Å². The fourth-order valence-corrected chi connectivity index (χ4v) is 2.70. The smallest absolute Gasteiger partial charge is 0.339 e. The second-order valence-electron chi connectivity index (χ2n) is 6.58. The van der Waals surface area contributed by atoms with Gasteiger partial charge in [-0.05, 0) is 43.3 Å². The van der Waals surface area contributed by atoms with Crippen molar-refractivity contribution in [2.75, 3.05) is 26.1 Å². The van der Waals surface area contributed by atoms with Gasteiger partial charge >= 0.3 is 5.97 Å². The number of anilines is 1. The topological polar surface area (TPSA) is 121 Å². The number of methoxy groups -OCH3 is 1. The quantitative estimate of drug-likeness (QED) is 0.325. The molecule has 0 fully saturated rings. The molecule has 0 saturated carbocycles. The number of rotatable bonds is 7. The van der Waals surface area contributed by atoms with E-state index < -0.39 is 17.0 Å². The minimum atomic E-state index is -0.843. The number of hydrogen-bond donors (Lipinski definition) is 0. The maximum absolute atomic E-state index is 12.5. The molecule has 0 aliphatic heterocycles. The number of nitro groups is 1. The van der Waals surface area contributed by atoms with Gasteiger partial charge in [-0.25, -0.2) is 4.79 Å². The van der Waals surface area contributed by atoms with Crippen molar-refractivity contribution in [1.82, 2.24) is 10.2 Å². The number of nitrogens with zero attached hydrogens (tertiary/aromatic N) is 4. The van der Waals surface area contributed by atoms with E-state index in [1.807, 2.05) is 0 Å². The number of aromatic nitrogens is 2. The normalized spacial score (nSPS) is 11.6. The van der Waals surface area contributed by atoms with Crippen molar-refractivity contribution in [3.63, 3.8) is 0 Å². The Labute approximate surface area is 172 Å². The first-order chi connectivity index (χ1) is 14.3. The van der Waals surface area contributed by atoms with E-state index in [0.717, 1.165) is 0 Å². The van der Waals surface area contributed by atoms with Crippen LogP contribution in [0, 0.1) is 10.1 Å². The molecule has 10 heteroatoms. The molecule has 1 aromatic heterocycles. The average Bonchev–Trinajstić information content (AvgIpc) is 3.23. The van der Waals surface area contributed by atoms with E-state index in [-0.39, 0.29) is 23.0 Å². The number of nitro benzene ring substituents is 1. The van der Waals surface area contributed by atoms with Gasteiger partial charge in [0.1, 0.15) is 11.4 Å². The molecule has 0 spiro atoms. The fourth-order valence-electron chi connectivity index (χ4n) is 2.70. The maximum atomic E-state index is 12.5. The van der Waals surface area contributed by atoms with E-state index in [2.05, 4.69) is 10.2 Å². The molecule has 3 aromatic rings. The van der Waals surface area contributed by atoms with Crippen LogP contribution in [0.4, 0.5) is 11.4 Å². The lowest BCUT2D eigenvalue weighted by molar-refractivity contribution is -0.384. The standard InChI is InChI=1S/C20H20N4O6/c1-12(18-21-22-19(30-18)13-5-8-15(28-4)9-6-13)29-20(25)14-7-10-16(23(2)3)17(11-14)24(26)27/h5-12H,1-4H3/t12-/m0/s1. The van der Waals surface area contributed by atoms with Gasteiger partial charge in [-0.1, -0.05) is 0 Å². The largest absolute Gasteiger partial charge is 0.497 e. The molecule has 0 saturated heterocycles. The van der Waals surface area contributed by atoms with Gasteiger partial charge in [0.05, 0.1) is 17.6 Å². The Morgan fingerprint density at radius 1 is 1.17 bits per heavy atom. The number of benzene rings is 2. The molecule has 10 nitrogen and oxygen atoms in total. The summed E-state index contributed by atoms with van der Waals surface area (Å²) in [4.78, 5) is 24.8. The third kappa shape index (κ3) is 4.37. The molecular formula is C20H20N4O6. The minimum absolute atomic E-state index is 0.0500. The summed E-state index contributed by atoms with van der Waals surface area (Å²) >= 11 is 0. The van der Waals surface area contributed by atoms with E-state index in [1.165, 1.54) is 18.2 Å². The fraction of sp³-hybridized carbons (Fsp3) is 0.250. The molecular weight excluding hydrogens is 392 g/mol. The molecule has 0 aliphatic carbocycles. The van der Waals surface area contributed by atoms with Crippen molar-refractivity contribution in [2.24, 2.45) is 0 Å². The zero-order valence-corrected chi connectivity index (χ0v) is 16.9. The summed E-state index contributed by atoms with van der Waals surface area (Å²) in [6.07, 6.45) is -0.843. The highest BCUT2D eigenvalue weighted by atomic mass is 16.6. The summed E-state index contributed by atoms with van der Waals surface area (Å²) in [6, 6.07) is 11.2. The third-order valence-corrected chi connectivity index (χ3v) is 4.30. The molecule has 0 radical (unpaired) electrons. The molecule has 156 valence electrons. The van der Waals surface area contributed by atoms with Gasteiger partial charge < -0.3 is 18.8 Å². The molecule has 0 bridgehead atoms. The van der Waals surface area contributed by atoms with Crippen LogP contribution >= 0.6 is 0 Å². The lowest BCUT2D eigenvalue weighted by Crippen LogP contribution is -2.13. The van der Waals surface area contributed by atoms with Crippen LogP contribution in [0.5, 0.6) is 5.75 Å². The van der Waals surface area contributed by atoms with Crippen molar-refractivity contribution in [1.29, 1.82) is 0 Å². The predicted octanol–water partition coefficient (Wildman–Crippen LogP) is 3.64. The van der Waals surface area contributed by atoms with E-state index in [1.54, 1.807) is 57.3 Å². The van der Waals surface area contributed by atoms with E-state index in [0.29, 0.717) is 17.0 Å². The van der Waals surface area contributed by atoms with Gasteiger partial charge in [0, 0.05) is 25.7 Å². The second-order valence-corrected chi connectivity index (χ2v) is 6.58. The zero-order chi connectivity index (χ0) is 21.8. The molecule has 30 heavy (non-hydrogen) atoms. The van der Waals surface area contributed by atoms with Gasteiger partial charge in [-0.2, -0.15) is 0 Å². The summed E-state index contributed by atoms with van der Waals surface area (Å²) < 4.78 is 16.1. The summed E-state index contributed by atoms with van der Waals surface area (Å²) in [5.74, 6) is 0.324. The molecule has 1 atom stereocenters. The molecule has 3 rings (SSSR count). The molecule has 0 N–H and O–H groups in total. The van der Waals surface area contributed by atoms with Crippen molar-refractivity contribution >= 4 is 17.3 Å². The Hall–Kier alpha value is -3.95. The summed E-state index contributed by atoms with van der Waals surface area (Å²) in [5, 5.41) is 19.2. The van der Waals surface area contributed by atoms with Gasteiger partial charge in [-0.3, -0.25) is 10.1 Å². The van der Waals surface area contributed by atoms with Crippen LogP contribution in [-0.2, 0) is 4.74 Å². The van der Waals surface area contributed by atoms with E-state index in [4.69, 9.17) is 13.9 Å². The summed E-state index contributed by atoms with van der Waals surface area (Å²) in [5.41, 5.74) is 0.921. The van der Waals surface area contributed by atoms with Crippen LogP contribution in [0.2, 0.25) is 0 Å². The number of carbonyl (C=O) groups is 1. The predicted molar refractivity (Wildman–Crippen MR) is 108 cm³/mol. The average molecular weight is 412 g/mol. The first kappa shape index (κ1) is 20.8. The van der Waals surface area contributed by atoms with Gasteiger partial charge in [-0.15, -0.1) is 10.2 Å². The van der Waals surface area contributed by atoms with Crippen LogP contribution in [0.25, 0.3) is 11.5 Å². The molecule has 0 unspecified atom stereocenters. The van der Waals surface area contributed by atoms with Crippen molar-refractivity contribution in [2.45, 2.75) is 13.0 Å². The monoisotopic (exact) mass is 412 g/mol. The van der Waals surface area contributed by atoms with Crippen molar-refractivity contribution < 1.29 is 23.6 Å². The maximum Gasteiger partial charge on any atom is 0.339 e. The summed E-state index contributed by atoms with van der Waals surface area (Å²) in [6.45, 7) is 1.58. The Bertz CT molecular complexity index is 1060. The number of carbonyl (C=O) groups excluding carboxylic acids is 1. The Balaban J connectivity index is 1.75. The SMILES string of the molecule is COc1ccc(-c2nnc([C@H](C)OC(=O)c3ccc(N(C)C)c([N+](=O)[O-])c3)o2)cc1. The van der Waals surface area contributed by atoms with E-state index >= 15 is 0 Å². The molecule has 1 heterocycles. The second kappa shape index (κ2) is 8.60. The Morgan fingerprint density at radius 2 is 1.87 bits per heavy atom. The van der Waals surface area contributed by atoms with Crippen LogP contribution < -0.4 is 9.64 Å². The first-order valence-corrected chi connectivity index (χ1v) is 8.94. The van der Waals surface area contributed by atoms with E-state index in [9.17, 15) is 14.9 Å². The summed E-state index contributed by atoms with van der Waals surface area (Å²) in [7, 11) is 4.93. The molecule has 0 amide bonds. The van der Waals surface area contributed by atoms with Crippen molar-refractivity contribution in [3.05, 3.63) is 64.0 Å². The highest BCUT2D eigenvalue weighted by molar-refractivity contribution is 5.91. The number of esters is 1. The van der Waals surface area contributed by atoms with Crippen molar-refractivity contribution in [3.8, 4) is 17.2 Å².